The number of aromatic nitrogens is 3. The molecular formula is C36H31N3O2. The molecule has 0 radical (unpaired) electrons. The van der Waals surface area contributed by atoms with Crippen LogP contribution < -0.4 is 4.74 Å². The topological polar surface area (TPSA) is 53.1 Å². The third kappa shape index (κ3) is 4.63. The summed E-state index contributed by atoms with van der Waals surface area (Å²) in [6, 6.07) is 33.1. The van der Waals surface area contributed by atoms with Crippen LogP contribution in [-0.2, 0) is 0 Å². The first-order chi connectivity index (χ1) is 20.2. The Kier molecular flexibility index (Phi) is 6.48. The SMILES string of the molecule is C=CC1CC(C=C)C(COc2cccc(-c3nnc(-c4ccc(-n5c6ccccc6c6ccccc65)cc4)o3)c2)C1. The first-order valence-electron chi connectivity index (χ1n) is 14.1. The van der Waals surface area contributed by atoms with Gasteiger partial charge in [-0.25, -0.2) is 0 Å². The first kappa shape index (κ1) is 25.1. The smallest absolute Gasteiger partial charge is 0.248 e. The average molecular weight is 538 g/mol. The van der Waals surface area contributed by atoms with Gasteiger partial charge in [-0.15, -0.1) is 23.4 Å². The zero-order chi connectivity index (χ0) is 27.8. The number of benzene rings is 4. The Bertz CT molecular complexity index is 1810. The van der Waals surface area contributed by atoms with Crippen LogP contribution in [0.1, 0.15) is 12.8 Å². The molecule has 5 nitrogen and oxygen atoms in total. The molecule has 7 rings (SSSR count). The van der Waals surface area contributed by atoms with E-state index in [1.807, 2.05) is 36.4 Å². The maximum atomic E-state index is 6.20. The molecule has 5 heteroatoms. The van der Waals surface area contributed by atoms with Gasteiger partial charge in [0.15, 0.2) is 0 Å². The maximum absolute atomic E-state index is 6.20. The van der Waals surface area contributed by atoms with E-state index in [2.05, 4.69) is 101 Å². The predicted octanol–water partition coefficient (Wildman–Crippen LogP) is 8.89. The van der Waals surface area contributed by atoms with Crippen LogP contribution in [0.25, 0.3) is 50.4 Å². The molecular weight excluding hydrogens is 506 g/mol. The highest BCUT2D eigenvalue weighted by Crippen LogP contribution is 2.38. The van der Waals surface area contributed by atoms with Crippen molar-refractivity contribution in [1.29, 1.82) is 0 Å². The molecule has 2 heterocycles. The monoisotopic (exact) mass is 537 g/mol. The number of allylic oxidation sites excluding steroid dienone is 2. The highest BCUT2D eigenvalue weighted by molar-refractivity contribution is 6.09. The number of hydrogen-bond donors (Lipinski definition) is 0. The van der Waals surface area contributed by atoms with Crippen LogP contribution in [0.5, 0.6) is 5.75 Å². The van der Waals surface area contributed by atoms with E-state index >= 15 is 0 Å². The van der Waals surface area contributed by atoms with Gasteiger partial charge in [0, 0.05) is 27.6 Å². The van der Waals surface area contributed by atoms with Crippen molar-refractivity contribution in [2.45, 2.75) is 12.8 Å². The summed E-state index contributed by atoms with van der Waals surface area (Å²) >= 11 is 0. The number of para-hydroxylation sites is 2. The van der Waals surface area contributed by atoms with E-state index in [-0.39, 0.29) is 0 Å². The molecule has 1 aliphatic rings. The third-order valence-electron chi connectivity index (χ3n) is 8.34. The molecule has 1 saturated carbocycles. The van der Waals surface area contributed by atoms with Crippen molar-refractivity contribution in [3.63, 3.8) is 0 Å². The lowest BCUT2D eigenvalue weighted by Gasteiger charge is -2.17. The van der Waals surface area contributed by atoms with E-state index in [9.17, 15) is 0 Å². The Hall–Kier alpha value is -4.90. The minimum atomic E-state index is 0.444. The van der Waals surface area contributed by atoms with Gasteiger partial charge in [0.2, 0.25) is 11.8 Å². The lowest BCUT2D eigenvalue weighted by atomic mass is 9.97. The minimum Gasteiger partial charge on any atom is -0.493 e. The van der Waals surface area contributed by atoms with Crippen molar-refractivity contribution in [2.24, 2.45) is 17.8 Å². The second-order valence-electron chi connectivity index (χ2n) is 10.8. The molecule has 0 aliphatic heterocycles. The van der Waals surface area contributed by atoms with E-state index in [4.69, 9.17) is 9.15 Å². The molecule has 3 atom stereocenters. The molecule has 202 valence electrons. The van der Waals surface area contributed by atoms with Crippen LogP contribution in [-0.4, -0.2) is 21.4 Å². The van der Waals surface area contributed by atoms with Gasteiger partial charge in [0.25, 0.3) is 0 Å². The second kappa shape index (κ2) is 10.6. The predicted molar refractivity (Wildman–Crippen MR) is 165 cm³/mol. The van der Waals surface area contributed by atoms with Gasteiger partial charge in [-0.1, -0.05) is 54.6 Å². The lowest BCUT2D eigenvalue weighted by molar-refractivity contribution is 0.230. The van der Waals surface area contributed by atoms with E-state index in [1.54, 1.807) is 0 Å². The number of nitrogens with zero attached hydrogens (tertiary/aromatic N) is 3. The van der Waals surface area contributed by atoms with Crippen molar-refractivity contribution in [3.8, 4) is 34.3 Å². The van der Waals surface area contributed by atoms with E-state index in [0.717, 1.165) is 35.4 Å². The van der Waals surface area contributed by atoms with Gasteiger partial charge in [-0.2, -0.15) is 0 Å². The zero-order valence-electron chi connectivity index (χ0n) is 22.8. The molecule has 6 aromatic rings. The molecule has 1 aliphatic carbocycles. The van der Waals surface area contributed by atoms with Gasteiger partial charge in [0.05, 0.1) is 17.6 Å². The highest BCUT2D eigenvalue weighted by Gasteiger charge is 2.31. The summed E-state index contributed by atoms with van der Waals surface area (Å²) in [5.74, 6) is 3.18. The Balaban J connectivity index is 1.11. The van der Waals surface area contributed by atoms with Crippen LogP contribution in [0.3, 0.4) is 0 Å². The van der Waals surface area contributed by atoms with Crippen molar-refractivity contribution in [2.75, 3.05) is 6.61 Å². The molecule has 1 fully saturated rings. The molecule has 0 amide bonds. The van der Waals surface area contributed by atoms with Crippen molar-refractivity contribution in [1.82, 2.24) is 14.8 Å². The Morgan fingerprint density at radius 1 is 0.756 bits per heavy atom. The minimum absolute atomic E-state index is 0.444. The van der Waals surface area contributed by atoms with E-state index < -0.39 is 0 Å². The lowest BCUT2D eigenvalue weighted by Crippen LogP contribution is -2.15. The summed E-state index contributed by atoms with van der Waals surface area (Å²) in [6.45, 7) is 8.64. The second-order valence-corrected chi connectivity index (χ2v) is 10.8. The van der Waals surface area contributed by atoms with Crippen molar-refractivity contribution in [3.05, 3.63) is 122 Å². The normalized spacial score (nSPS) is 18.6. The summed E-state index contributed by atoms with van der Waals surface area (Å²) in [5, 5.41) is 11.2. The van der Waals surface area contributed by atoms with Crippen LogP contribution in [0, 0.1) is 17.8 Å². The summed E-state index contributed by atoms with van der Waals surface area (Å²) in [5.41, 5.74) is 5.14. The van der Waals surface area contributed by atoms with Crippen LogP contribution in [0.2, 0.25) is 0 Å². The number of rotatable bonds is 8. The fourth-order valence-electron chi connectivity index (χ4n) is 6.21. The van der Waals surface area contributed by atoms with Gasteiger partial charge in [-0.3, -0.25) is 0 Å². The quantitative estimate of drug-likeness (QED) is 0.182. The van der Waals surface area contributed by atoms with Gasteiger partial charge >= 0.3 is 0 Å². The molecule has 0 N–H and O–H groups in total. The Morgan fingerprint density at radius 3 is 2.12 bits per heavy atom. The fourth-order valence-corrected chi connectivity index (χ4v) is 6.21. The Morgan fingerprint density at radius 2 is 1.44 bits per heavy atom. The average Bonchev–Trinajstić information content (AvgIpc) is 3.76. The number of hydrogen-bond acceptors (Lipinski definition) is 4. The molecule has 0 spiro atoms. The standard InChI is InChI=1S/C36H31N3O2/c1-3-24-20-25(4-2)28(21-24)23-40-30-11-9-10-27(22-30)36-38-37-35(41-36)26-16-18-29(19-17-26)39-33-14-7-5-12-31(33)32-13-6-8-15-34(32)39/h3-19,22,24-25,28H,1-2,20-21,23H2. The Labute approximate surface area is 239 Å². The summed E-state index contributed by atoms with van der Waals surface area (Å²) in [4.78, 5) is 0. The maximum Gasteiger partial charge on any atom is 0.248 e. The first-order valence-corrected chi connectivity index (χ1v) is 14.1. The molecule has 0 saturated heterocycles. The number of ether oxygens (including phenoxy) is 1. The summed E-state index contributed by atoms with van der Waals surface area (Å²) in [6.07, 6.45) is 6.31. The molecule has 3 unspecified atom stereocenters. The van der Waals surface area contributed by atoms with Gasteiger partial charge < -0.3 is 13.7 Å². The van der Waals surface area contributed by atoms with Crippen LogP contribution in [0.15, 0.2) is 127 Å². The van der Waals surface area contributed by atoms with Gasteiger partial charge in [0.1, 0.15) is 5.75 Å². The van der Waals surface area contributed by atoms with Gasteiger partial charge in [-0.05, 0) is 85.2 Å². The van der Waals surface area contributed by atoms with Crippen LogP contribution >= 0.6 is 0 Å². The molecule has 0 bridgehead atoms. The van der Waals surface area contributed by atoms with Crippen molar-refractivity contribution >= 4 is 21.8 Å². The summed E-state index contributed by atoms with van der Waals surface area (Å²) < 4.78 is 14.6. The van der Waals surface area contributed by atoms with Crippen LogP contribution in [0.4, 0.5) is 0 Å². The molecule has 4 aromatic carbocycles. The zero-order valence-corrected chi connectivity index (χ0v) is 22.8. The summed E-state index contributed by atoms with van der Waals surface area (Å²) in [7, 11) is 0. The largest absolute Gasteiger partial charge is 0.493 e. The van der Waals surface area contributed by atoms with E-state index in [1.165, 1.54) is 21.8 Å². The third-order valence-corrected chi connectivity index (χ3v) is 8.34. The number of fused-ring (bicyclic) bond motifs is 3. The fraction of sp³-hybridized carbons (Fsp3) is 0.167. The molecule has 2 aromatic heterocycles. The molecule has 41 heavy (non-hydrogen) atoms. The highest BCUT2D eigenvalue weighted by atomic mass is 16.5. The van der Waals surface area contributed by atoms with Crippen molar-refractivity contribution < 1.29 is 9.15 Å². The van der Waals surface area contributed by atoms with E-state index in [0.29, 0.717) is 36.1 Å².